The van der Waals surface area contributed by atoms with Crippen molar-refractivity contribution in [2.75, 3.05) is 13.7 Å². The third kappa shape index (κ3) is 2.42. The van der Waals surface area contributed by atoms with Gasteiger partial charge in [0.25, 0.3) is 0 Å². The molecule has 0 saturated heterocycles. The van der Waals surface area contributed by atoms with E-state index in [0.29, 0.717) is 0 Å². The van der Waals surface area contributed by atoms with Gasteiger partial charge in [0, 0.05) is 7.11 Å². The molecule has 0 radical (unpaired) electrons. The molecule has 0 aliphatic heterocycles. The number of nitrogens with one attached hydrogen (secondary N) is 1. The summed E-state index contributed by atoms with van der Waals surface area (Å²) in [6, 6.07) is 8.49. The second kappa shape index (κ2) is 5.12. The summed E-state index contributed by atoms with van der Waals surface area (Å²) in [6.45, 7) is 0.138. The summed E-state index contributed by atoms with van der Waals surface area (Å²) in [5, 5.41) is 3.01. The Balaban J connectivity index is 2.10. The first kappa shape index (κ1) is 11.1. The summed E-state index contributed by atoms with van der Waals surface area (Å²) in [4.78, 5) is 11.5. The number of ether oxygens (including phenoxy) is 1. The van der Waals surface area contributed by atoms with Crippen molar-refractivity contribution in [2.45, 2.75) is 25.3 Å². The summed E-state index contributed by atoms with van der Waals surface area (Å²) in [7, 11) is 1.54. The van der Waals surface area contributed by atoms with E-state index in [1.54, 1.807) is 0 Å². The van der Waals surface area contributed by atoms with Crippen LogP contribution in [0.3, 0.4) is 0 Å². The molecule has 0 spiro atoms. The maximum absolute atomic E-state index is 11.5. The minimum atomic E-state index is -0.0378. The molecule has 1 atom stereocenters. The van der Waals surface area contributed by atoms with Crippen LogP contribution < -0.4 is 5.32 Å². The third-order valence-corrected chi connectivity index (χ3v) is 2.98. The third-order valence-electron chi connectivity index (χ3n) is 2.98. The average molecular weight is 219 g/mol. The topological polar surface area (TPSA) is 38.3 Å². The van der Waals surface area contributed by atoms with Gasteiger partial charge in [0.05, 0.1) is 6.04 Å². The van der Waals surface area contributed by atoms with Gasteiger partial charge in [-0.2, -0.15) is 0 Å². The highest BCUT2D eigenvalue weighted by Gasteiger charge is 2.20. The molecule has 0 heterocycles. The predicted octanol–water partition coefficient (Wildman–Crippen LogP) is 1.83. The van der Waals surface area contributed by atoms with Crippen molar-refractivity contribution in [1.82, 2.24) is 5.32 Å². The minimum Gasteiger partial charge on any atom is -0.375 e. The van der Waals surface area contributed by atoms with Crippen molar-refractivity contribution >= 4 is 5.91 Å². The Kier molecular flexibility index (Phi) is 3.57. The van der Waals surface area contributed by atoms with E-state index in [1.807, 2.05) is 6.07 Å². The number of amides is 1. The van der Waals surface area contributed by atoms with Crippen LogP contribution in [0.1, 0.15) is 30.0 Å². The van der Waals surface area contributed by atoms with Gasteiger partial charge in [0.15, 0.2) is 0 Å². The van der Waals surface area contributed by atoms with Crippen LogP contribution in [-0.2, 0) is 16.0 Å². The fraction of sp³-hybridized carbons (Fsp3) is 0.462. The van der Waals surface area contributed by atoms with E-state index in [4.69, 9.17) is 4.74 Å². The average Bonchev–Trinajstić information content (AvgIpc) is 2.30. The molecule has 86 valence electrons. The molecule has 3 nitrogen and oxygen atoms in total. The molecule has 0 aromatic heterocycles. The van der Waals surface area contributed by atoms with E-state index < -0.39 is 0 Å². The highest BCUT2D eigenvalue weighted by molar-refractivity contribution is 5.77. The van der Waals surface area contributed by atoms with Crippen LogP contribution in [0.5, 0.6) is 0 Å². The number of hydrogen-bond donors (Lipinski definition) is 1. The molecule has 1 N–H and O–H groups in total. The zero-order chi connectivity index (χ0) is 11.4. The van der Waals surface area contributed by atoms with Crippen LogP contribution in [0.2, 0.25) is 0 Å². The Morgan fingerprint density at radius 3 is 3.12 bits per heavy atom. The van der Waals surface area contributed by atoms with Crippen LogP contribution in [0.4, 0.5) is 0 Å². The van der Waals surface area contributed by atoms with E-state index in [0.717, 1.165) is 19.3 Å². The number of hydrogen-bond acceptors (Lipinski definition) is 2. The SMILES string of the molecule is COCC(=O)N[C@@H]1CCCc2ccccc21. The summed E-state index contributed by atoms with van der Waals surface area (Å²) < 4.78 is 4.82. The van der Waals surface area contributed by atoms with Crippen LogP contribution in [0.15, 0.2) is 24.3 Å². The monoisotopic (exact) mass is 219 g/mol. The first-order valence-corrected chi connectivity index (χ1v) is 5.67. The lowest BCUT2D eigenvalue weighted by molar-refractivity contribution is -0.125. The molecule has 0 saturated carbocycles. The predicted molar refractivity (Wildman–Crippen MR) is 62.1 cm³/mol. The number of carbonyl (C=O) groups is 1. The van der Waals surface area contributed by atoms with Gasteiger partial charge in [-0.15, -0.1) is 0 Å². The minimum absolute atomic E-state index is 0.0378. The molecular weight excluding hydrogens is 202 g/mol. The van der Waals surface area contributed by atoms with Crippen molar-refractivity contribution in [3.63, 3.8) is 0 Å². The summed E-state index contributed by atoms with van der Waals surface area (Å²) in [6.07, 6.45) is 3.27. The molecule has 0 unspecified atom stereocenters. The van der Waals surface area contributed by atoms with Gasteiger partial charge in [-0.1, -0.05) is 24.3 Å². The molecule has 1 aromatic carbocycles. The zero-order valence-corrected chi connectivity index (χ0v) is 9.53. The smallest absolute Gasteiger partial charge is 0.246 e. The molecule has 1 aliphatic carbocycles. The highest BCUT2D eigenvalue weighted by atomic mass is 16.5. The number of rotatable bonds is 3. The number of aryl methyl sites for hydroxylation is 1. The Labute approximate surface area is 95.8 Å². The van der Waals surface area contributed by atoms with Gasteiger partial charge < -0.3 is 10.1 Å². The van der Waals surface area contributed by atoms with Crippen molar-refractivity contribution in [2.24, 2.45) is 0 Å². The summed E-state index contributed by atoms with van der Waals surface area (Å²) >= 11 is 0. The fourth-order valence-electron chi connectivity index (χ4n) is 2.27. The summed E-state index contributed by atoms with van der Waals surface area (Å²) in [5.41, 5.74) is 2.62. The van der Waals surface area contributed by atoms with Crippen molar-refractivity contribution < 1.29 is 9.53 Å². The number of benzene rings is 1. The molecule has 0 fully saturated rings. The van der Waals surface area contributed by atoms with Gasteiger partial charge in [0.1, 0.15) is 6.61 Å². The Morgan fingerprint density at radius 1 is 1.50 bits per heavy atom. The van der Waals surface area contributed by atoms with Gasteiger partial charge in [-0.05, 0) is 30.4 Å². The number of fused-ring (bicyclic) bond motifs is 1. The molecule has 2 rings (SSSR count). The lowest BCUT2D eigenvalue weighted by Crippen LogP contribution is -2.33. The maximum atomic E-state index is 11.5. The van der Waals surface area contributed by atoms with Crippen molar-refractivity contribution in [3.8, 4) is 0 Å². The molecule has 1 amide bonds. The molecular formula is C13H17NO2. The van der Waals surface area contributed by atoms with Crippen molar-refractivity contribution in [1.29, 1.82) is 0 Å². The zero-order valence-electron chi connectivity index (χ0n) is 9.53. The second-order valence-electron chi connectivity index (χ2n) is 4.14. The quantitative estimate of drug-likeness (QED) is 0.842. The van der Waals surface area contributed by atoms with Gasteiger partial charge in [-0.3, -0.25) is 4.79 Å². The van der Waals surface area contributed by atoms with Crippen molar-refractivity contribution in [3.05, 3.63) is 35.4 Å². The normalized spacial score (nSPS) is 18.9. The lowest BCUT2D eigenvalue weighted by atomic mass is 9.88. The Bertz CT molecular complexity index is 376. The molecule has 1 aliphatic rings. The standard InChI is InChI=1S/C13H17NO2/c1-16-9-13(15)14-12-8-4-6-10-5-2-3-7-11(10)12/h2-3,5,7,12H,4,6,8-9H2,1H3,(H,14,15)/t12-/m1/s1. The summed E-state index contributed by atoms with van der Waals surface area (Å²) in [5.74, 6) is -0.0378. The molecule has 3 heteroatoms. The van der Waals surface area contributed by atoms with Crippen LogP contribution in [0.25, 0.3) is 0 Å². The first-order chi connectivity index (χ1) is 7.81. The second-order valence-corrected chi connectivity index (χ2v) is 4.14. The fourth-order valence-corrected chi connectivity index (χ4v) is 2.27. The lowest BCUT2D eigenvalue weighted by Gasteiger charge is -2.26. The Hall–Kier alpha value is -1.35. The van der Waals surface area contributed by atoms with E-state index in [9.17, 15) is 4.79 Å². The van der Waals surface area contributed by atoms with Gasteiger partial charge in [-0.25, -0.2) is 0 Å². The Morgan fingerprint density at radius 2 is 2.31 bits per heavy atom. The largest absolute Gasteiger partial charge is 0.375 e. The number of carbonyl (C=O) groups excluding carboxylic acids is 1. The highest BCUT2D eigenvalue weighted by Crippen LogP contribution is 2.29. The van der Waals surface area contributed by atoms with E-state index >= 15 is 0 Å². The van der Waals surface area contributed by atoms with Gasteiger partial charge >= 0.3 is 0 Å². The first-order valence-electron chi connectivity index (χ1n) is 5.67. The van der Waals surface area contributed by atoms with E-state index in [1.165, 1.54) is 18.2 Å². The molecule has 0 bridgehead atoms. The van der Waals surface area contributed by atoms with Crippen LogP contribution >= 0.6 is 0 Å². The van der Waals surface area contributed by atoms with Crippen LogP contribution in [-0.4, -0.2) is 19.6 Å². The molecule has 16 heavy (non-hydrogen) atoms. The van der Waals surface area contributed by atoms with Gasteiger partial charge in [0.2, 0.25) is 5.91 Å². The van der Waals surface area contributed by atoms with Crippen LogP contribution in [0, 0.1) is 0 Å². The maximum Gasteiger partial charge on any atom is 0.246 e. The number of methoxy groups -OCH3 is 1. The van der Waals surface area contributed by atoms with E-state index in [2.05, 4.69) is 23.5 Å². The molecule has 1 aromatic rings. The van der Waals surface area contributed by atoms with E-state index in [-0.39, 0.29) is 18.6 Å².